The Morgan fingerprint density at radius 3 is 2.47 bits per heavy atom. The maximum absolute atomic E-state index is 14.5. The third-order valence-electron chi connectivity index (χ3n) is 4.17. The summed E-state index contributed by atoms with van der Waals surface area (Å²) in [5.74, 6) is -1.07. The van der Waals surface area contributed by atoms with Crippen LogP contribution in [0.3, 0.4) is 0 Å². The van der Waals surface area contributed by atoms with Crippen molar-refractivity contribution in [1.29, 1.82) is 0 Å². The molecule has 0 N–H and O–H groups in total. The lowest BCUT2D eigenvalue weighted by molar-refractivity contribution is 0.391. The van der Waals surface area contributed by atoms with Gasteiger partial charge in [-0.25, -0.2) is 26.5 Å². The average molecular weight is 566 g/mol. The van der Waals surface area contributed by atoms with E-state index < -0.39 is 26.6 Å². The van der Waals surface area contributed by atoms with Gasteiger partial charge in [-0.3, -0.25) is 0 Å². The Kier molecular flexibility index (Phi) is 6.82. The summed E-state index contributed by atoms with van der Waals surface area (Å²) in [6.45, 7) is 1.61. The molecule has 0 fully saturated rings. The molecule has 0 atom stereocenters. The molecule has 3 rings (SSSR count). The molecule has 0 saturated carbocycles. The molecule has 11 heteroatoms. The Morgan fingerprint density at radius 1 is 1.13 bits per heavy atom. The van der Waals surface area contributed by atoms with E-state index in [1.807, 2.05) is 0 Å². The molecule has 1 aromatic heterocycles. The van der Waals surface area contributed by atoms with Crippen LogP contribution in [0.25, 0.3) is 0 Å². The molecule has 6 nitrogen and oxygen atoms in total. The van der Waals surface area contributed by atoms with Gasteiger partial charge in [0.15, 0.2) is 5.13 Å². The summed E-state index contributed by atoms with van der Waals surface area (Å²) in [4.78, 5) is 4.31. The normalized spacial score (nSPS) is 11.4. The molecule has 0 aliphatic rings. The second-order valence-corrected chi connectivity index (χ2v) is 10.3. The lowest BCUT2D eigenvalue weighted by atomic mass is 10.2. The minimum atomic E-state index is -4.40. The number of aryl methyl sites for hydroxylation is 1. The summed E-state index contributed by atoms with van der Waals surface area (Å²) in [5.41, 5.74) is 0.520. The van der Waals surface area contributed by atoms with E-state index >= 15 is 0 Å². The first-order chi connectivity index (χ1) is 14.2. The van der Waals surface area contributed by atoms with Crippen LogP contribution in [0.1, 0.15) is 10.4 Å². The number of anilines is 1. The van der Waals surface area contributed by atoms with Crippen LogP contribution in [-0.2, 0) is 16.6 Å². The van der Waals surface area contributed by atoms with E-state index in [9.17, 15) is 17.2 Å². The second-order valence-electron chi connectivity index (χ2n) is 6.14. The standard InChI is InChI=1S/C19H17F2IN2O4S2/c1-11-9-23-19(29-11)24(10-12-4-5-13(27-2)6-17(12)28-3)30(25,26)18-8-16(22)14(20)7-15(18)21/h4-9H,10H2,1-3H3. The zero-order valence-electron chi connectivity index (χ0n) is 16.1. The molecule has 0 amide bonds. The molecule has 0 unspecified atom stereocenters. The van der Waals surface area contributed by atoms with Gasteiger partial charge in [0.1, 0.15) is 28.0 Å². The first-order valence-electron chi connectivity index (χ1n) is 8.48. The number of thiazole rings is 1. The van der Waals surface area contributed by atoms with Crippen molar-refractivity contribution >= 4 is 49.1 Å². The molecule has 2 aromatic carbocycles. The molecule has 0 bridgehead atoms. The van der Waals surface area contributed by atoms with Crippen molar-refractivity contribution in [3.63, 3.8) is 0 Å². The van der Waals surface area contributed by atoms with Gasteiger partial charge >= 0.3 is 0 Å². The Balaban J connectivity index is 2.14. The van der Waals surface area contributed by atoms with Crippen molar-refractivity contribution in [2.24, 2.45) is 0 Å². The van der Waals surface area contributed by atoms with Gasteiger partial charge < -0.3 is 9.47 Å². The van der Waals surface area contributed by atoms with Crippen molar-refractivity contribution < 1.29 is 26.7 Å². The largest absolute Gasteiger partial charge is 0.497 e. The van der Waals surface area contributed by atoms with E-state index in [1.165, 1.54) is 20.4 Å². The third kappa shape index (κ3) is 4.52. The summed E-state index contributed by atoms with van der Waals surface area (Å²) < 4.78 is 66.5. The molecule has 30 heavy (non-hydrogen) atoms. The number of benzene rings is 2. The van der Waals surface area contributed by atoms with E-state index in [4.69, 9.17) is 9.47 Å². The number of methoxy groups -OCH3 is 2. The van der Waals surface area contributed by atoms with E-state index in [1.54, 1.807) is 47.7 Å². The highest BCUT2D eigenvalue weighted by atomic mass is 127. The van der Waals surface area contributed by atoms with Gasteiger partial charge in [-0.2, -0.15) is 0 Å². The predicted octanol–water partition coefficient (Wildman–Crippen LogP) is 4.75. The smallest absolute Gasteiger partial charge is 0.269 e. The van der Waals surface area contributed by atoms with Crippen molar-refractivity contribution in [2.45, 2.75) is 18.4 Å². The molecule has 0 radical (unpaired) electrons. The highest BCUT2D eigenvalue weighted by molar-refractivity contribution is 14.1. The number of nitrogens with zero attached hydrogens (tertiary/aromatic N) is 2. The van der Waals surface area contributed by atoms with Gasteiger partial charge in [0.2, 0.25) is 0 Å². The van der Waals surface area contributed by atoms with Crippen LogP contribution in [-0.4, -0.2) is 27.6 Å². The summed E-state index contributed by atoms with van der Waals surface area (Å²) in [5, 5.41) is 0.157. The molecule has 0 aliphatic carbocycles. The Hall–Kier alpha value is -1.99. The maximum Gasteiger partial charge on any atom is 0.269 e. The molecule has 0 aliphatic heterocycles. The molecule has 0 saturated heterocycles. The van der Waals surface area contributed by atoms with Crippen LogP contribution in [0.5, 0.6) is 11.5 Å². The SMILES string of the molecule is COc1ccc(CN(c2ncc(C)s2)S(=O)(=O)c2cc(I)c(F)cc2F)c(OC)c1. The zero-order chi connectivity index (χ0) is 22.1. The number of hydrogen-bond donors (Lipinski definition) is 0. The van der Waals surface area contributed by atoms with Crippen molar-refractivity contribution in [1.82, 2.24) is 4.98 Å². The molecular weight excluding hydrogens is 549 g/mol. The fraction of sp³-hybridized carbons (Fsp3) is 0.211. The van der Waals surface area contributed by atoms with Crippen LogP contribution < -0.4 is 13.8 Å². The van der Waals surface area contributed by atoms with Gasteiger partial charge in [-0.15, -0.1) is 11.3 Å². The van der Waals surface area contributed by atoms with E-state index in [2.05, 4.69) is 4.98 Å². The second kappa shape index (κ2) is 9.02. The lowest BCUT2D eigenvalue weighted by Crippen LogP contribution is -2.31. The lowest BCUT2D eigenvalue weighted by Gasteiger charge is -2.23. The number of aromatic nitrogens is 1. The van der Waals surface area contributed by atoms with Crippen LogP contribution >= 0.6 is 33.9 Å². The summed E-state index contributed by atoms with van der Waals surface area (Å²) in [7, 11) is -1.45. The minimum Gasteiger partial charge on any atom is -0.497 e. The Bertz CT molecular complexity index is 1190. The quantitative estimate of drug-likeness (QED) is 0.305. The monoisotopic (exact) mass is 566 g/mol. The predicted molar refractivity (Wildman–Crippen MR) is 119 cm³/mol. The van der Waals surface area contributed by atoms with Crippen LogP contribution in [0, 0.1) is 22.1 Å². The van der Waals surface area contributed by atoms with Gasteiger partial charge in [0.05, 0.1) is 24.3 Å². The molecule has 0 spiro atoms. The van der Waals surface area contributed by atoms with Gasteiger partial charge in [-0.1, -0.05) is 0 Å². The maximum atomic E-state index is 14.5. The number of sulfonamides is 1. The van der Waals surface area contributed by atoms with Gasteiger partial charge in [-0.05, 0) is 47.7 Å². The molecule has 1 heterocycles. The van der Waals surface area contributed by atoms with Crippen molar-refractivity contribution in [2.75, 3.05) is 18.5 Å². The molecular formula is C19H17F2IN2O4S2. The summed E-state index contributed by atoms with van der Waals surface area (Å²) in [6.07, 6.45) is 1.53. The highest BCUT2D eigenvalue weighted by Crippen LogP contribution is 2.34. The highest BCUT2D eigenvalue weighted by Gasteiger charge is 2.32. The van der Waals surface area contributed by atoms with Gasteiger partial charge in [0.25, 0.3) is 10.0 Å². The zero-order valence-corrected chi connectivity index (χ0v) is 19.9. The Labute approximate surface area is 190 Å². The average Bonchev–Trinajstić information content (AvgIpc) is 3.14. The Morgan fingerprint density at radius 2 is 1.87 bits per heavy atom. The minimum absolute atomic E-state index is 0.00938. The molecule has 3 aromatic rings. The topological polar surface area (TPSA) is 68.7 Å². The van der Waals surface area contributed by atoms with Crippen LogP contribution in [0.2, 0.25) is 0 Å². The van der Waals surface area contributed by atoms with E-state index in [-0.39, 0.29) is 15.2 Å². The molecule has 160 valence electrons. The number of ether oxygens (including phenoxy) is 2. The first kappa shape index (κ1) is 22.7. The number of hydrogen-bond acceptors (Lipinski definition) is 6. The number of halogens is 3. The van der Waals surface area contributed by atoms with E-state index in [0.29, 0.717) is 23.1 Å². The van der Waals surface area contributed by atoms with Crippen molar-refractivity contribution in [3.05, 3.63) is 62.2 Å². The van der Waals surface area contributed by atoms with Gasteiger partial charge in [0, 0.05) is 28.8 Å². The van der Waals surface area contributed by atoms with Crippen molar-refractivity contribution in [3.8, 4) is 11.5 Å². The van der Waals surface area contributed by atoms with Crippen LogP contribution in [0.4, 0.5) is 13.9 Å². The fourth-order valence-corrected chi connectivity index (χ4v) is 5.79. The van der Waals surface area contributed by atoms with E-state index in [0.717, 1.165) is 26.6 Å². The van der Waals surface area contributed by atoms with Crippen LogP contribution in [0.15, 0.2) is 41.4 Å². The fourth-order valence-electron chi connectivity index (χ4n) is 2.67. The summed E-state index contributed by atoms with van der Waals surface area (Å²) >= 11 is 2.76. The number of rotatable bonds is 7. The summed E-state index contributed by atoms with van der Waals surface area (Å²) in [6, 6.07) is 6.48. The first-order valence-corrected chi connectivity index (χ1v) is 11.8. The third-order valence-corrected chi connectivity index (χ3v) is 7.80.